The van der Waals surface area contributed by atoms with Gasteiger partial charge in [-0.25, -0.2) is 22.8 Å². The summed E-state index contributed by atoms with van der Waals surface area (Å²) in [6.45, 7) is 4.69. The first kappa shape index (κ1) is 30.3. The standard InChI is InChI=1S/C29H42N8O4S/c1-2-3-15-31-29-32-19-25-27(36-37(28(25)35-29)22-6-8-23(38)9-7-22)20-4-10-24(11-5-20)42(40,41)33-18-14-26(39)34-21-12-16-30-17-13-21/h4-5,10-11,19,21-23,30,33,38H,2-3,6-9,12-18H2,1H3,(H,34,39)(H,31,32,35)/t22-,23+. The van der Waals surface area contributed by atoms with Crippen molar-refractivity contribution < 1.29 is 18.3 Å². The summed E-state index contributed by atoms with van der Waals surface area (Å²) in [6.07, 6.45) is 8.45. The van der Waals surface area contributed by atoms with Crippen LogP contribution in [0.4, 0.5) is 5.95 Å². The lowest BCUT2D eigenvalue weighted by atomic mass is 9.93. The van der Waals surface area contributed by atoms with E-state index in [2.05, 4.69) is 32.6 Å². The van der Waals surface area contributed by atoms with E-state index in [1.54, 1.807) is 30.5 Å². The minimum atomic E-state index is -3.79. The molecule has 42 heavy (non-hydrogen) atoms. The number of hydrogen-bond acceptors (Lipinski definition) is 9. The van der Waals surface area contributed by atoms with Crippen molar-refractivity contribution in [1.29, 1.82) is 0 Å². The summed E-state index contributed by atoms with van der Waals surface area (Å²) in [4.78, 5) is 21.7. The van der Waals surface area contributed by atoms with E-state index in [1.807, 2.05) is 4.68 Å². The Hall–Kier alpha value is -3.13. The first-order valence-electron chi connectivity index (χ1n) is 15.1. The van der Waals surface area contributed by atoms with E-state index in [-0.39, 0.29) is 42.0 Å². The van der Waals surface area contributed by atoms with E-state index >= 15 is 0 Å². The third kappa shape index (κ3) is 7.44. The van der Waals surface area contributed by atoms with Crippen molar-refractivity contribution in [3.8, 4) is 11.3 Å². The van der Waals surface area contributed by atoms with Gasteiger partial charge in [-0.3, -0.25) is 4.79 Å². The second-order valence-corrected chi connectivity index (χ2v) is 13.0. The number of carbonyl (C=O) groups excluding carboxylic acids is 1. The van der Waals surface area contributed by atoms with Crippen LogP contribution < -0.4 is 20.7 Å². The van der Waals surface area contributed by atoms with Gasteiger partial charge in [-0.2, -0.15) is 10.1 Å². The number of piperidine rings is 1. The van der Waals surface area contributed by atoms with Gasteiger partial charge in [0.1, 0.15) is 5.69 Å². The number of amides is 1. The number of rotatable bonds is 12. The molecule has 3 aromatic rings. The molecule has 1 aromatic carbocycles. The summed E-state index contributed by atoms with van der Waals surface area (Å²) >= 11 is 0. The Balaban J connectivity index is 1.30. The maximum Gasteiger partial charge on any atom is 0.240 e. The van der Waals surface area contributed by atoms with Gasteiger partial charge in [-0.1, -0.05) is 25.5 Å². The van der Waals surface area contributed by atoms with Crippen LogP contribution >= 0.6 is 0 Å². The SMILES string of the molecule is CCCCNc1ncc2c(-c3ccc(S(=O)(=O)NCCC(=O)NC4CCNCC4)cc3)nn([C@H]3CC[C@@H](O)CC3)c2n1. The molecule has 12 nitrogen and oxygen atoms in total. The van der Waals surface area contributed by atoms with Gasteiger partial charge in [0.25, 0.3) is 0 Å². The normalized spacial score (nSPS) is 20.0. The number of hydrogen-bond donors (Lipinski definition) is 5. The Kier molecular flexibility index (Phi) is 10.0. The van der Waals surface area contributed by atoms with Crippen LogP contribution in [-0.4, -0.2) is 77.5 Å². The van der Waals surface area contributed by atoms with E-state index < -0.39 is 10.0 Å². The number of anilines is 1. The number of nitrogens with zero attached hydrogens (tertiary/aromatic N) is 4. The topological polar surface area (TPSA) is 163 Å². The Morgan fingerprint density at radius 3 is 2.52 bits per heavy atom. The molecule has 0 radical (unpaired) electrons. The molecule has 228 valence electrons. The van der Waals surface area contributed by atoms with Crippen LogP contribution in [0.2, 0.25) is 0 Å². The minimum Gasteiger partial charge on any atom is -0.393 e. The second-order valence-electron chi connectivity index (χ2n) is 11.2. The zero-order valence-electron chi connectivity index (χ0n) is 24.2. The van der Waals surface area contributed by atoms with Gasteiger partial charge >= 0.3 is 0 Å². The number of fused-ring (bicyclic) bond motifs is 1. The number of aliphatic hydroxyl groups is 1. The van der Waals surface area contributed by atoms with Crippen molar-refractivity contribution in [3.63, 3.8) is 0 Å². The number of sulfonamides is 1. The molecule has 2 aromatic heterocycles. The Morgan fingerprint density at radius 1 is 1.07 bits per heavy atom. The maximum absolute atomic E-state index is 12.9. The smallest absolute Gasteiger partial charge is 0.240 e. The summed E-state index contributed by atoms with van der Waals surface area (Å²) in [5.41, 5.74) is 2.16. The highest BCUT2D eigenvalue weighted by Gasteiger charge is 2.26. The molecule has 0 spiro atoms. The molecule has 5 N–H and O–H groups in total. The lowest BCUT2D eigenvalue weighted by Gasteiger charge is -2.25. The number of unbranched alkanes of at least 4 members (excludes halogenated alkanes) is 1. The molecule has 1 aliphatic heterocycles. The van der Waals surface area contributed by atoms with Crippen LogP contribution in [-0.2, 0) is 14.8 Å². The van der Waals surface area contributed by atoms with Crippen molar-refractivity contribution >= 4 is 32.9 Å². The number of carbonyl (C=O) groups is 1. The molecule has 3 heterocycles. The van der Waals surface area contributed by atoms with Gasteiger partial charge in [0, 0.05) is 37.3 Å². The van der Waals surface area contributed by atoms with Crippen molar-refractivity contribution in [2.75, 3.05) is 31.5 Å². The Morgan fingerprint density at radius 2 is 1.81 bits per heavy atom. The third-order valence-electron chi connectivity index (χ3n) is 8.06. The third-order valence-corrected chi connectivity index (χ3v) is 9.54. The van der Waals surface area contributed by atoms with E-state index in [0.717, 1.165) is 74.8 Å². The average Bonchev–Trinajstić information content (AvgIpc) is 3.37. The largest absolute Gasteiger partial charge is 0.393 e. The molecule has 2 aliphatic rings. The van der Waals surface area contributed by atoms with Crippen molar-refractivity contribution in [3.05, 3.63) is 30.5 Å². The van der Waals surface area contributed by atoms with Crippen LogP contribution in [0, 0.1) is 0 Å². The molecule has 13 heteroatoms. The molecular formula is C29H42N8O4S. The second kappa shape index (κ2) is 13.9. The van der Waals surface area contributed by atoms with Crippen molar-refractivity contribution in [2.24, 2.45) is 0 Å². The molecule has 1 aliphatic carbocycles. The predicted octanol–water partition coefficient (Wildman–Crippen LogP) is 2.72. The first-order chi connectivity index (χ1) is 20.3. The average molecular weight is 599 g/mol. The Labute approximate surface area is 247 Å². The minimum absolute atomic E-state index is 0.0258. The quantitative estimate of drug-likeness (QED) is 0.197. The highest BCUT2D eigenvalue weighted by molar-refractivity contribution is 7.89. The number of aromatic nitrogens is 4. The monoisotopic (exact) mass is 598 g/mol. The van der Waals surface area contributed by atoms with Gasteiger partial charge < -0.3 is 21.1 Å². The zero-order valence-corrected chi connectivity index (χ0v) is 25.0. The highest BCUT2D eigenvalue weighted by atomic mass is 32.2. The summed E-state index contributed by atoms with van der Waals surface area (Å²) < 4.78 is 30.3. The molecule has 1 amide bonds. The molecule has 0 unspecified atom stereocenters. The van der Waals surface area contributed by atoms with E-state index in [4.69, 9.17) is 10.1 Å². The molecule has 0 atom stereocenters. The van der Waals surface area contributed by atoms with Crippen molar-refractivity contribution in [2.45, 2.75) is 87.8 Å². The van der Waals surface area contributed by atoms with Crippen LogP contribution in [0.1, 0.15) is 70.8 Å². The van der Waals surface area contributed by atoms with Crippen LogP contribution in [0.15, 0.2) is 35.4 Å². The Bertz CT molecular complexity index is 1450. The molecule has 0 bridgehead atoms. The van der Waals surface area contributed by atoms with Gasteiger partial charge in [0.2, 0.25) is 21.9 Å². The molecule has 5 rings (SSSR count). The molecule has 1 saturated carbocycles. The van der Waals surface area contributed by atoms with Crippen LogP contribution in [0.3, 0.4) is 0 Å². The fourth-order valence-electron chi connectivity index (χ4n) is 5.60. The lowest BCUT2D eigenvalue weighted by molar-refractivity contribution is -0.121. The van der Waals surface area contributed by atoms with Crippen LogP contribution in [0.25, 0.3) is 22.3 Å². The number of benzene rings is 1. The number of nitrogens with one attached hydrogen (secondary N) is 4. The van der Waals surface area contributed by atoms with Gasteiger partial charge in [-0.15, -0.1) is 0 Å². The van der Waals surface area contributed by atoms with Gasteiger partial charge in [-0.05, 0) is 70.2 Å². The molecule has 2 fully saturated rings. The maximum atomic E-state index is 12.9. The fourth-order valence-corrected chi connectivity index (χ4v) is 6.63. The lowest BCUT2D eigenvalue weighted by Crippen LogP contribution is -2.43. The molecule has 1 saturated heterocycles. The van der Waals surface area contributed by atoms with E-state index in [0.29, 0.717) is 24.5 Å². The summed E-state index contributed by atoms with van der Waals surface area (Å²) in [7, 11) is -3.79. The van der Waals surface area contributed by atoms with E-state index in [1.165, 1.54) is 0 Å². The summed E-state index contributed by atoms with van der Waals surface area (Å²) in [5.74, 6) is 0.400. The predicted molar refractivity (Wildman–Crippen MR) is 162 cm³/mol. The zero-order chi connectivity index (χ0) is 29.5. The summed E-state index contributed by atoms with van der Waals surface area (Å²) in [5, 5.41) is 25.3. The van der Waals surface area contributed by atoms with E-state index in [9.17, 15) is 18.3 Å². The summed E-state index contributed by atoms with van der Waals surface area (Å²) in [6, 6.07) is 6.83. The van der Waals surface area contributed by atoms with Crippen molar-refractivity contribution in [1.82, 2.24) is 35.1 Å². The molecular weight excluding hydrogens is 556 g/mol. The highest BCUT2D eigenvalue weighted by Crippen LogP contribution is 2.34. The first-order valence-corrected chi connectivity index (χ1v) is 16.6. The van der Waals surface area contributed by atoms with Crippen LogP contribution in [0.5, 0.6) is 0 Å². The number of aliphatic hydroxyl groups excluding tert-OH is 1. The fraction of sp³-hybridized carbons (Fsp3) is 0.586. The van der Waals surface area contributed by atoms with Gasteiger partial charge in [0.05, 0.1) is 22.4 Å². The van der Waals surface area contributed by atoms with Gasteiger partial charge in [0.15, 0.2) is 5.65 Å².